The topological polar surface area (TPSA) is 0 Å². The summed E-state index contributed by atoms with van der Waals surface area (Å²) < 4.78 is 0. The second-order valence-electron chi connectivity index (χ2n) is 5.13. The minimum atomic E-state index is 0.181. The number of aryl methyl sites for hydroxylation is 1. The average Bonchev–Trinajstić information content (AvgIpc) is 2.67. The quantitative estimate of drug-likeness (QED) is 0.628. The zero-order valence-electron chi connectivity index (χ0n) is 9.59. The lowest BCUT2D eigenvalue weighted by molar-refractivity contribution is 0.322. The molecule has 0 spiro atoms. The van der Waals surface area contributed by atoms with Gasteiger partial charge in [-0.05, 0) is 30.7 Å². The van der Waals surface area contributed by atoms with Crippen molar-refractivity contribution in [3.63, 3.8) is 0 Å². The number of halogens is 1. The van der Waals surface area contributed by atoms with E-state index in [0.29, 0.717) is 5.41 Å². The van der Waals surface area contributed by atoms with E-state index in [1.165, 1.54) is 36.8 Å². The van der Waals surface area contributed by atoms with Crippen LogP contribution in [-0.2, 0) is 0 Å². The lowest BCUT2D eigenvalue weighted by atomic mass is 9.81. The predicted octanol–water partition coefficient (Wildman–Crippen LogP) is 4.86. The lowest BCUT2D eigenvalue weighted by Crippen LogP contribution is -2.17. The van der Waals surface area contributed by atoms with Gasteiger partial charge in [0, 0.05) is 0 Å². The molecule has 1 unspecified atom stereocenters. The Morgan fingerprint density at radius 3 is 2.20 bits per heavy atom. The molecule has 1 saturated carbocycles. The number of hydrogen-bond acceptors (Lipinski definition) is 0. The van der Waals surface area contributed by atoms with Crippen molar-refractivity contribution in [2.24, 2.45) is 5.41 Å². The zero-order valence-corrected chi connectivity index (χ0v) is 10.3. The number of alkyl halides is 1. The molecular formula is C14H19Cl. The number of rotatable bonds is 2. The second-order valence-corrected chi connectivity index (χ2v) is 5.57. The van der Waals surface area contributed by atoms with Crippen LogP contribution in [0.1, 0.15) is 49.1 Å². The van der Waals surface area contributed by atoms with Gasteiger partial charge >= 0.3 is 0 Å². The summed E-state index contributed by atoms with van der Waals surface area (Å²) in [5.74, 6) is 0. The molecule has 1 aliphatic carbocycles. The van der Waals surface area contributed by atoms with Crippen LogP contribution < -0.4 is 0 Å². The molecule has 0 bridgehead atoms. The molecule has 0 saturated heterocycles. The Kier molecular flexibility index (Phi) is 3.06. The molecule has 0 amide bonds. The summed E-state index contributed by atoms with van der Waals surface area (Å²) in [6, 6.07) is 8.67. The third-order valence-electron chi connectivity index (χ3n) is 3.73. The molecule has 1 fully saturated rings. The molecule has 1 atom stereocenters. The minimum Gasteiger partial charge on any atom is -0.117 e. The molecule has 2 rings (SSSR count). The molecule has 1 aromatic carbocycles. The second kappa shape index (κ2) is 4.17. The SMILES string of the molecule is Cc1ccc(C(Cl)C2(C)CCCC2)cc1. The third-order valence-corrected chi connectivity index (χ3v) is 4.51. The Morgan fingerprint density at radius 2 is 1.67 bits per heavy atom. The molecule has 0 heterocycles. The van der Waals surface area contributed by atoms with Crippen LogP contribution in [0.4, 0.5) is 0 Å². The molecule has 0 N–H and O–H groups in total. The molecule has 1 heteroatoms. The highest BCUT2D eigenvalue weighted by Crippen LogP contribution is 2.50. The summed E-state index contributed by atoms with van der Waals surface area (Å²) in [7, 11) is 0. The summed E-state index contributed by atoms with van der Waals surface area (Å²) in [5, 5.41) is 0.181. The molecule has 82 valence electrons. The molecule has 0 aromatic heterocycles. The first-order valence-corrected chi connectivity index (χ1v) is 6.26. The molecule has 0 radical (unpaired) electrons. The fraction of sp³-hybridized carbons (Fsp3) is 0.571. The first-order chi connectivity index (χ1) is 7.12. The van der Waals surface area contributed by atoms with Gasteiger partial charge in [0.05, 0.1) is 5.38 Å². The summed E-state index contributed by atoms with van der Waals surface area (Å²) >= 11 is 6.61. The van der Waals surface area contributed by atoms with Crippen molar-refractivity contribution >= 4 is 11.6 Å². The van der Waals surface area contributed by atoms with E-state index in [0.717, 1.165) is 0 Å². The van der Waals surface area contributed by atoms with Crippen LogP contribution in [0.2, 0.25) is 0 Å². The Labute approximate surface area is 97.6 Å². The third kappa shape index (κ3) is 2.20. The van der Waals surface area contributed by atoms with Crippen LogP contribution in [-0.4, -0.2) is 0 Å². The normalized spacial score (nSPS) is 21.5. The molecule has 15 heavy (non-hydrogen) atoms. The van der Waals surface area contributed by atoms with Gasteiger partial charge < -0.3 is 0 Å². The van der Waals surface area contributed by atoms with E-state index in [4.69, 9.17) is 11.6 Å². The van der Waals surface area contributed by atoms with Crippen LogP contribution in [0.15, 0.2) is 24.3 Å². The van der Waals surface area contributed by atoms with Gasteiger partial charge in [0.15, 0.2) is 0 Å². The number of benzene rings is 1. The highest BCUT2D eigenvalue weighted by atomic mass is 35.5. The molecule has 0 aliphatic heterocycles. The first kappa shape index (κ1) is 11.0. The summed E-state index contributed by atoms with van der Waals surface area (Å²) in [5.41, 5.74) is 2.91. The highest BCUT2D eigenvalue weighted by molar-refractivity contribution is 6.21. The van der Waals surface area contributed by atoms with Crippen molar-refractivity contribution in [3.05, 3.63) is 35.4 Å². The van der Waals surface area contributed by atoms with Crippen molar-refractivity contribution in [3.8, 4) is 0 Å². The molecule has 0 nitrogen and oxygen atoms in total. The van der Waals surface area contributed by atoms with E-state index in [9.17, 15) is 0 Å². The lowest BCUT2D eigenvalue weighted by Gasteiger charge is -2.29. The zero-order chi connectivity index (χ0) is 10.9. The van der Waals surface area contributed by atoms with Crippen molar-refractivity contribution in [1.29, 1.82) is 0 Å². The predicted molar refractivity (Wildman–Crippen MR) is 66.3 cm³/mol. The van der Waals surface area contributed by atoms with Gasteiger partial charge in [0.25, 0.3) is 0 Å². The Morgan fingerprint density at radius 1 is 1.13 bits per heavy atom. The average molecular weight is 223 g/mol. The van der Waals surface area contributed by atoms with Gasteiger partial charge in [-0.25, -0.2) is 0 Å². The largest absolute Gasteiger partial charge is 0.117 e. The van der Waals surface area contributed by atoms with Crippen LogP contribution in [0, 0.1) is 12.3 Å². The standard InChI is InChI=1S/C14H19Cl/c1-11-5-7-12(8-6-11)13(15)14(2)9-3-4-10-14/h5-8,13H,3-4,9-10H2,1-2H3. The van der Waals surface area contributed by atoms with Crippen molar-refractivity contribution < 1.29 is 0 Å². The Bertz CT molecular complexity index is 320. The maximum atomic E-state index is 6.61. The maximum absolute atomic E-state index is 6.61. The van der Waals surface area contributed by atoms with E-state index in [1.54, 1.807) is 0 Å². The van der Waals surface area contributed by atoms with Gasteiger partial charge in [0.2, 0.25) is 0 Å². The van der Waals surface area contributed by atoms with E-state index >= 15 is 0 Å². The Balaban J connectivity index is 2.19. The smallest absolute Gasteiger partial charge is 0.0638 e. The highest BCUT2D eigenvalue weighted by Gasteiger charge is 2.36. The van der Waals surface area contributed by atoms with Gasteiger partial charge in [-0.15, -0.1) is 11.6 Å². The van der Waals surface area contributed by atoms with Gasteiger partial charge in [-0.1, -0.05) is 49.6 Å². The van der Waals surface area contributed by atoms with E-state index in [-0.39, 0.29) is 5.38 Å². The Hall–Kier alpha value is -0.490. The van der Waals surface area contributed by atoms with Crippen LogP contribution in [0.5, 0.6) is 0 Å². The van der Waals surface area contributed by atoms with Crippen molar-refractivity contribution in [2.75, 3.05) is 0 Å². The van der Waals surface area contributed by atoms with E-state index in [2.05, 4.69) is 38.1 Å². The molecular weight excluding hydrogens is 204 g/mol. The van der Waals surface area contributed by atoms with E-state index < -0.39 is 0 Å². The van der Waals surface area contributed by atoms with Gasteiger partial charge in [0.1, 0.15) is 0 Å². The van der Waals surface area contributed by atoms with Gasteiger partial charge in [-0.3, -0.25) is 0 Å². The van der Waals surface area contributed by atoms with Crippen LogP contribution >= 0.6 is 11.6 Å². The van der Waals surface area contributed by atoms with Crippen molar-refractivity contribution in [1.82, 2.24) is 0 Å². The fourth-order valence-electron chi connectivity index (χ4n) is 2.57. The summed E-state index contributed by atoms with van der Waals surface area (Å²) in [6.45, 7) is 4.45. The molecule has 1 aliphatic rings. The van der Waals surface area contributed by atoms with E-state index in [1.807, 2.05) is 0 Å². The minimum absolute atomic E-state index is 0.181. The van der Waals surface area contributed by atoms with Crippen LogP contribution in [0.3, 0.4) is 0 Å². The number of hydrogen-bond donors (Lipinski definition) is 0. The van der Waals surface area contributed by atoms with Gasteiger partial charge in [-0.2, -0.15) is 0 Å². The maximum Gasteiger partial charge on any atom is 0.0638 e. The fourth-order valence-corrected chi connectivity index (χ4v) is 2.94. The monoisotopic (exact) mass is 222 g/mol. The van der Waals surface area contributed by atoms with Crippen LogP contribution in [0.25, 0.3) is 0 Å². The first-order valence-electron chi connectivity index (χ1n) is 5.82. The summed E-state index contributed by atoms with van der Waals surface area (Å²) in [4.78, 5) is 0. The van der Waals surface area contributed by atoms with Crippen molar-refractivity contribution in [2.45, 2.75) is 44.9 Å². The molecule has 1 aromatic rings. The summed E-state index contributed by atoms with van der Waals surface area (Å²) in [6.07, 6.45) is 5.22.